The standard InChI is InChI=1S/C18H26N4OS/c1-3-13-4-5-14-15(11-19)18(24-16(14)10-13)20-17(23)12-22-8-6-21(2)7-9-22/h13H,3-10,12H2,1-2H3,(H,20,23)/t13-/m0/s1. The molecule has 1 amide bonds. The lowest BCUT2D eigenvalue weighted by molar-refractivity contribution is -0.117. The number of carbonyl (C=O) groups excluding carboxylic acids is 1. The quantitative estimate of drug-likeness (QED) is 0.909. The van der Waals surface area contributed by atoms with E-state index in [0.717, 1.165) is 56.4 Å². The van der Waals surface area contributed by atoms with Gasteiger partial charge in [0, 0.05) is 31.1 Å². The minimum Gasteiger partial charge on any atom is -0.315 e. The molecular formula is C18H26N4OS. The molecule has 0 aromatic carbocycles. The highest BCUT2D eigenvalue weighted by Crippen LogP contribution is 2.39. The third-order valence-corrected chi connectivity index (χ3v) is 6.44. The van der Waals surface area contributed by atoms with E-state index in [2.05, 4.69) is 35.2 Å². The van der Waals surface area contributed by atoms with Crippen molar-refractivity contribution in [1.82, 2.24) is 9.80 Å². The van der Waals surface area contributed by atoms with Crippen molar-refractivity contribution in [3.8, 4) is 6.07 Å². The first-order chi connectivity index (χ1) is 11.6. The Hall–Kier alpha value is -1.42. The average molecular weight is 347 g/mol. The molecule has 2 heterocycles. The molecule has 0 unspecified atom stereocenters. The third-order valence-electron chi connectivity index (χ3n) is 5.27. The Kier molecular flexibility index (Phi) is 5.54. The van der Waals surface area contributed by atoms with Crippen LogP contribution in [0, 0.1) is 17.2 Å². The summed E-state index contributed by atoms with van der Waals surface area (Å²) in [7, 11) is 2.11. The molecule has 6 heteroatoms. The van der Waals surface area contributed by atoms with Crippen LogP contribution >= 0.6 is 11.3 Å². The van der Waals surface area contributed by atoms with Crippen LogP contribution in [0.25, 0.3) is 0 Å². The van der Waals surface area contributed by atoms with Gasteiger partial charge in [-0.1, -0.05) is 13.3 Å². The zero-order valence-corrected chi connectivity index (χ0v) is 15.4. The van der Waals surface area contributed by atoms with E-state index in [1.807, 2.05) is 0 Å². The van der Waals surface area contributed by atoms with Gasteiger partial charge in [-0.05, 0) is 37.8 Å². The lowest BCUT2D eigenvalue weighted by atomic mass is 9.86. The number of nitrogens with one attached hydrogen (secondary N) is 1. The molecule has 1 saturated heterocycles. The number of anilines is 1. The normalized spacial score (nSPS) is 22.0. The Balaban J connectivity index is 1.66. The molecule has 0 bridgehead atoms. The summed E-state index contributed by atoms with van der Waals surface area (Å²) in [4.78, 5) is 18.2. The fraction of sp³-hybridized carbons (Fsp3) is 0.667. The number of nitriles is 1. The number of carbonyl (C=O) groups is 1. The van der Waals surface area contributed by atoms with Crippen molar-refractivity contribution < 1.29 is 4.79 Å². The third kappa shape index (κ3) is 3.80. The number of piperazine rings is 1. The first-order valence-electron chi connectivity index (χ1n) is 8.86. The average Bonchev–Trinajstić information content (AvgIpc) is 2.92. The minimum absolute atomic E-state index is 0.00157. The summed E-state index contributed by atoms with van der Waals surface area (Å²) in [5, 5.41) is 13.3. The maximum atomic E-state index is 12.4. The Morgan fingerprint density at radius 3 is 2.79 bits per heavy atom. The number of thiophene rings is 1. The molecule has 3 rings (SSSR count). The van der Waals surface area contributed by atoms with Crippen LogP contribution in [0.3, 0.4) is 0 Å². The first-order valence-corrected chi connectivity index (χ1v) is 9.67. The van der Waals surface area contributed by atoms with Gasteiger partial charge in [0.05, 0.1) is 12.1 Å². The van der Waals surface area contributed by atoms with Gasteiger partial charge < -0.3 is 10.2 Å². The first kappa shape index (κ1) is 17.4. The van der Waals surface area contributed by atoms with Gasteiger partial charge in [0.2, 0.25) is 5.91 Å². The van der Waals surface area contributed by atoms with Gasteiger partial charge in [0.15, 0.2) is 0 Å². The van der Waals surface area contributed by atoms with Crippen molar-refractivity contribution in [1.29, 1.82) is 5.26 Å². The van der Waals surface area contributed by atoms with E-state index in [9.17, 15) is 10.1 Å². The highest BCUT2D eigenvalue weighted by molar-refractivity contribution is 7.16. The Bertz CT molecular complexity index is 640. The van der Waals surface area contributed by atoms with Crippen LogP contribution in [-0.2, 0) is 17.6 Å². The van der Waals surface area contributed by atoms with Crippen molar-refractivity contribution >= 4 is 22.2 Å². The SMILES string of the molecule is CC[C@H]1CCc2c(sc(NC(=O)CN3CCN(C)CC3)c2C#N)C1. The van der Waals surface area contributed by atoms with Crippen molar-refractivity contribution in [3.63, 3.8) is 0 Å². The molecule has 1 aliphatic heterocycles. The van der Waals surface area contributed by atoms with Crippen LogP contribution in [0.2, 0.25) is 0 Å². The number of hydrogen-bond acceptors (Lipinski definition) is 5. The summed E-state index contributed by atoms with van der Waals surface area (Å²) in [6.07, 6.45) is 4.37. The Morgan fingerprint density at radius 2 is 2.12 bits per heavy atom. The van der Waals surface area contributed by atoms with Crippen molar-refractivity contribution in [2.24, 2.45) is 5.92 Å². The molecule has 1 aromatic rings. The molecule has 1 aliphatic carbocycles. The highest BCUT2D eigenvalue weighted by Gasteiger charge is 2.26. The van der Waals surface area contributed by atoms with E-state index in [4.69, 9.17) is 0 Å². The number of nitrogens with zero attached hydrogens (tertiary/aromatic N) is 3. The molecule has 1 aromatic heterocycles. The Morgan fingerprint density at radius 1 is 1.38 bits per heavy atom. The van der Waals surface area contributed by atoms with E-state index >= 15 is 0 Å². The molecule has 0 saturated carbocycles. The van der Waals surface area contributed by atoms with E-state index in [-0.39, 0.29) is 5.91 Å². The maximum absolute atomic E-state index is 12.4. The van der Waals surface area contributed by atoms with Gasteiger partial charge in [0.1, 0.15) is 11.1 Å². The molecule has 5 nitrogen and oxygen atoms in total. The number of fused-ring (bicyclic) bond motifs is 1. The molecule has 0 radical (unpaired) electrons. The smallest absolute Gasteiger partial charge is 0.239 e. The molecule has 24 heavy (non-hydrogen) atoms. The Labute approximate surface area is 148 Å². The van der Waals surface area contributed by atoms with Gasteiger partial charge in [-0.15, -0.1) is 11.3 Å². The second-order valence-corrected chi connectivity index (χ2v) is 8.07. The number of hydrogen-bond donors (Lipinski definition) is 1. The van der Waals surface area contributed by atoms with Crippen LogP contribution < -0.4 is 5.32 Å². The number of amides is 1. The molecular weight excluding hydrogens is 320 g/mol. The molecule has 1 N–H and O–H groups in total. The fourth-order valence-corrected chi connectivity index (χ4v) is 4.91. The molecule has 1 fully saturated rings. The van der Waals surface area contributed by atoms with Gasteiger partial charge in [0.25, 0.3) is 0 Å². The molecule has 2 aliphatic rings. The van der Waals surface area contributed by atoms with Gasteiger partial charge in [-0.2, -0.15) is 5.26 Å². The second kappa shape index (κ2) is 7.64. The predicted molar refractivity (Wildman–Crippen MR) is 97.4 cm³/mol. The topological polar surface area (TPSA) is 59.4 Å². The molecule has 130 valence electrons. The zero-order chi connectivity index (χ0) is 17.1. The van der Waals surface area contributed by atoms with Gasteiger partial charge >= 0.3 is 0 Å². The van der Waals surface area contributed by atoms with E-state index < -0.39 is 0 Å². The monoisotopic (exact) mass is 346 g/mol. The fourth-order valence-electron chi connectivity index (χ4n) is 3.58. The van der Waals surface area contributed by atoms with Crippen molar-refractivity contribution in [2.75, 3.05) is 45.1 Å². The summed E-state index contributed by atoms with van der Waals surface area (Å²) < 4.78 is 0. The van der Waals surface area contributed by atoms with Crippen LogP contribution in [0.4, 0.5) is 5.00 Å². The summed E-state index contributed by atoms with van der Waals surface area (Å²) in [6.45, 7) is 6.50. The van der Waals surface area contributed by atoms with Crippen LogP contribution in [0.1, 0.15) is 35.8 Å². The number of likely N-dealkylation sites (N-methyl/N-ethyl adjacent to an activating group) is 1. The molecule has 1 atom stereocenters. The van der Waals surface area contributed by atoms with E-state index in [1.165, 1.54) is 16.9 Å². The summed E-state index contributed by atoms with van der Waals surface area (Å²) in [5.74, 6) is 0.721. The lowest BCUT2D eigenvalue weighted by Crippen LogP contribution is -2.47. The van der Waals surface area contributed by atoms with Crippen molar-refractivity contribution in [2.45, 2.75) is 32.6 Å². The maximum Gasteiger partial charge on any atom is 0.239 e. The van der Waals surface area contributed by atoms with Crippen LogP contribution in [0.5, 0.6) is 0 Å². The number of rotatable bonds is 4. The summed E-state index contributed by atoms with van der Waals surface area (Å²) in [6, 6.07) is 2.33. The van der Waals surface area contributed by atoms with E-state index in [1.54, 1.807) is 11.3 Å². The lowest BCUT2D eigenvalue weighted by Gasteiger charge is -2.31. The van der Waals surface area contributed by atoms with E-state index in [0.29, 0.717) is 12.1 Å². The minimum atomic E-state index is 0.00157. The van der Waals surface area contributed by atoms with Gasteiger partial charge in [-0.25, -0.2) is 0 Å². The predicted octanol–water partition coefficient (Wildman–Crippen LogP) is 2.32. The second-order valence-electron chi connectivity index (χ2n) is 6.96. The van der Waals surface area contributed by atoms with Crippen LogP contribution in [0.15, 0.2) is 0 Å². The largest absolute Gasteiger partial charge is 0.315 e. The van der Waals surface area contributed by atoms with Crippen molar-refractivity contribution in [3.05, 3.63) is 16.0 Å². The van der Waals surface area contributed by atoms with Gasteiger partial charge in [-0.3, -0.25) is 9.69 Å². The summed E-state index contributed by atoms with van der Waals surface area (Å²) in [5.41, 5.74) is 1.89. The zero-order valence-electron chi connectivity index (χ0n) is 14.6. The highest BCUT2D eigenvalue weighted by atomic mass is 32.1. The summed E-state index contributed by atoms with van der Waals surface area (Å²) >= 11 is 1.62. The molecule has 0 spiro atoms. The van der Waals surface area contributed by atoms with Crippen LogP contribution in [-0.4, -0.2) is 55.5 Å².